The molecule has 5 nitrogen and oxygen atoms in total. The maximum atomic E-state index is 12.6. The number of rotatable bonds is 3. The minimum Gasteiger partial charge on any atom is -0.491 e. The molecule has 0 spiro atoms. The number of aromatic carboxylic acids is 1. The largest absolute Gasteiger partial charge is 0.574 e. The lowest BCUT2D eigenvalue weighted by Crippen LogP contribution is -2.21. The maximum absolute atomic E-state index is 12.6. The summed E-state index contributed by atoms with van der Waals surface area (Å²) in [6.45, 7) is 0. The molecule has 0 bridgehead atoms. The Hall–Kier alpha value is -2.20. The van der Waals surface area contributed by atoms with Gasteiger partial charge in [-0.05, 0) is 0 Å². The zero-order chi connectivity index (χ0) is 15.7. The zero-order valence-corrected chi connectivity index (χ0v) is 9.46. The lowest BCUT2D eigenvalue weighted by molar-refractivity contribution is -0.276. The number of ether oxygens (including phenoxy) is 2. The molecule has 0 fully saturated rings. The first-order chi connectivity index (χ1) is 8.95. The molecule has 0 unspecified atom stereocenters. The van der Waals surface area contributed by atoms with Crippen molar-refractivity contribution in [1.82, 2.24) is 4.98 Å². The van der Waals surface area contributed by atoms with Crippen molar-refractivity contribution in [3.05, 3.63) is 17.3 Å². The molecule has 112 valence electrons. The fourth-order valence-corrected chi connectivity index (χ4v) is 1.19. The topological polar surface area (TPSA) is 68.7 Å². The number of carboxylic acid groups (broad SMARTS) is 1. The van der Waals surface area contributed by atoms with Crippen LogP contribution in [0.1, 0.15) is 16.1 Å². The van der Waals surface area contributed by atoms with Crippen molar-refractivity contribution in [1.29, 1.82) is 0 Å². The number of hydrogen-bond acceptors (Lipinski definition) is 4. The Balaban J connectivity index is 3.50. The Morgan fingerprint density at radius 2 is 1.80 bits per heavy atom. The minimum atomic E-state index is -5.31. The van der Waals surface area contributed by atoms with Crippen LogP contribution in [0.15, 0.2) is 6.07 Å². The zero-order valence-electron chi connectivity index (χ0n) is 9.46. The van der Waals surface area contributed by atoms with E-state index in [4.69, 9.17) is 5.11 Å². The van der Waals surface area contributed by atoms with Gasteiger partial charge in [-0.15, -0.1) is 13.2 Å². The summed E-state index contributed by atoms with van der Waals surface area (Å²) in [5.74, 6) is -4.45. The van der Waals surface area contributed by atoms with Crippen LogP contribution in [0, 0.1) is 0 Å². The van der Waals surface area contributed by atoms with Crippen molar-refractivity contribution >= 4 is 5.97 Å². The maximum Gasteiger partial charge on any atom is 0.574 e. The molecule has 0 radical (unpaired) electrons. The van der Waals surface area contributed by atoms with Gasteiger partial charge in [0.25, 0.3) is 5.88 Å². The number of alkyl halides is 6. The number of aromatic nitrogens is 1. The van der Waals surface area contributed by atoms with E-state index >= 15 is 0 Å². The second kappa shape index (κ2) is 5.06. The summed E-state index contributed by atoms with van der Waals surface area (Å²) < 4.78 is 81.3. The van der Waals surface area contributed by atoms with E-state index < -0.39 is 41.4 Å². The molecule has 1 heterocycles. The van der Waals surface area contributed by atoms with Crippen molar-refractivity contribution in [2.45, 2.75) is 12.5 Å². The first-order valence-corrected chi connectivity index (χ1v) is 4.61. The molecule has 0 aliphatic carbocycles. The van der Waals surface area contributed by atoms with Gasteiger partial charge in [0.05, 0.1) is 12.7 Å². The van der Waals surface area contributed by atoms with E-state index in [0.717, 1.165) is 7.11 Å². The monoisotopic (exact) mass is 305 g/mol. The van der Waals surface area contributed by atoms with Crippen molar-refractivity contribution in [3.63, 3.8) is 0 Å². The molecule has 0 aromatic carbocycles. The number of nitrogens with zero attached hydrogens (tertiary/aromatic N) is 1. The SMILES string of the molecule is COc1cc(C(=O)O)c(C(F)(F)F)nc1OC(F)(F)F. The van der Waals surface area contributed by atoms with Crippen molar-refractivity contribution in [3.8, 4) is 11.6 Å². The van der Waals surface area contributed by atoms with Crippen molar-refractivity contribution in [2.24, 2.45) is 0 Å². The fourth-order valence-electron chi connectivity index (χ4n) is 1.19. The molecule has 1 rings (SSSR count). The molecule has 1 aromatic rings. The van der Waals surface area contributed by atoms with E-state index in [1.807, 2.05) is 0 Å². The summed E-state index contributed by atoms with van der Waals surface area (Å²) in [6.07, 6.45) is -10.6. The van der Waals surface area contributed by atoms with E-state index in [-0.39, 0.29) is 6.07 Å². The quantitative estimate of drug-likeness (QED) is 0.870. The molecular formula is C9H5F6NO4. The summed E-state index contributed by atoms with van der Waals surface area (Å²) in [5, 5.41) is 8.61. The first-order valence-electron chi connectivity index (χ1n) is 4.61. The second-order valence-electron chi connectivity index (χ2n) is 3.24. The number of carbonyl (C=O) groups is 1. The van der Waals surface area contributed by atoms with Gasteiger partial charge >= 0.3 is 18.5 Å². The van der Waals surface area contributed by atoms with Crippen LogP contribution in [0.4, 0.5) is 26.3 Å². The summed E-state index contributed by atoms with van der Waals surface area (Å²) >= 11 is 0. The van der Waals surface area contributed by atoms with Crippen LogP contribution >= 0.6 is 0 Å². The van der Waals surface area contributed by atoms with E-state index in [9.17, 15) is 31.1 Å². The molecule has 11 heteroatoms. The summed E-state index contributed by atoms with van der Waals surface area (Å²) in [6, 6.07) is 0.249. The fraction of sp³-hybridized carbons (Fsp3) is 0.333. The van der Waals surface area contributed by atoms with Crippen LogP contribution in [-0.2, 0) is 6.18 Å². The average molecular weight is 305 g/mol. The third kappa shape index (κ3) is 3.65. The molecule has 20 heavy (non-hydrogen) atoms. The second-order valence-corrected chi connectivity index (χ2v) is 3.24. The Kier molecular flexibility index (Phi) is 4.01. The molecule has 1 aromatic heterocycles. The highest BCUT2D eigenvalue weighted by Crippen LogP contribution is 2.38. The number of carboxylic acids is 1. The molecular weight excluding hydrogens is 300 g/mol. The van der Waals surface area contributed by atoms with Gasteiger partial charge in [0, 0.05) is 6.07 Å². The van der Waals surface area contributed by atoms with Crippen molar-refractivity contribution in [2.75, 3.05) is 7.11 Å². The summed E-state index contributed by atoms with van der Waals surface area (Å²) in [4.78, 5) is 13.2. The van der Waals surface area contributed by atoms with Crippen LogP contribution in [-0.4, -0.2) is 29.5 Å². The lowest BCUT2D eigenvalue weighted by atomic mass is 10.2. The molecule has 0 saturated heterocycles. The Morgan fingerprint density at radius 3 is 2.15 bits per heavy atom. The van der Waals surface area contributed by atoms with Crippen LogP contribution in [0.2, 0.25) is 0 Å². The third-order valence-corrected chi connectivity index (χ3v) is 1.89. The lowest BCUT2D eigenvalue weighted by Gasteiger charge is -2.15. The number of hydrogen-bond donors (Lipinski definition) is 1. The highest BCUT2D eigenvalue weighted by Gasteiger charge is 2.41. The van der Waals surface area contributed by atoms with Crippen LogP contribution in [0.25, 0.3) is 0 Å². The molecule has 0 aliphatic heterocycles. The summed E-state index contributed by atoms with van der Waals surface area (Å²) in [7, 11) is 0.819. The van der Waals surface area contributed by atoms with Gasteiger partial charge in [-0.2, -0.15) is 13.2 Å². The van der Waals surface area contributed by atoms with E-state index in [0.29, 0.717) is 0 Å². The summed E-state index contributed by atoms with van der Waals surface area (Å²) in [5.41, 5.74) is -3.38. The van der Waals surface area contributed by atoms with Gasteiger partial charge in [0.1, 0.15) is 0 Å². The molecule has 0 aliphatic rings. The van der Waals surface area contributed by atoms with E-state index in [1.165, 1.54) is 0 Å². The predicted octanol–water partition coefficient (Wildman–Crippen LogP) is 2.71. The van der Waals surface area contributed by atoms with Gasteiger partial charge < -0.3 is 14.6 Å². The minimum absolute atomic E-state index is 0.249. The highest BCUT2D eigenvalue weighted by atomic mass is 19.4. The smallest absolute Gasteiger partial charge is 0.491 e. The number of pyridine rings is 1. The molecule has 0 saturated carbocycles. The Morgan fingerprint density at radius 1 is 1.25 bits per heavy atom. The highest BCUT2D eigenvalue weighted by molar-refractivity contribution is 5.89. The van der Waals surface area contributed by atoms with Crippen molar-refractivity contribution < 1.29 is 45.7 Å². The van der Waals surface area contributed by atoms with Gasteiger partial charge in [-0.25, -0.2) is 9.78 Å². The van der Waals surface area contributed by atoms with Gasteiger partial charge in [-0.1, -0.05) is 0 Å². The third-order valence-electron chi connectivity index (χ3n) is 1.89. The molecule has 0 amide bonds. The average Bonchev–Trinajstić information content (AvgIpc) is 2.24. The normalized spacial score (nSPS) is 12.2. The van der Waals surface area contributed by atoms with E-state index in [2.05, 4.69) is 14.5 Å². The van der Waals surface area contributed by atoms with Crippen LogP contribution in [0.5, 0.6) is 11.6 Å². The van der Waals surface area contributed by atoms with Crippen LogP contribution < -0.4 is 9.47 Å². The standard InChI is InChI=1S/C9H5F6NO4/c1-19-4-2-3(7(17)18)5(8(10,11)12)16-6(4)20-9(13,14)15/h2H,1H3,(H,17,18). The van der Waals surface area contributed by atoms with Gasteiger partial charge in [-0.3, -0.25) is 0 Å². The Labute approximate surface area is 106 Å². The molecule has 1 N–H and O–H groups in total. The van der Waals surface area contributed by atoms with Gasteiger partial charge in [0.15, 0.2) is 11.4 Å². The van der Waals surface area contributed by atoms with Gasteiger partial charge in [0.2, 0.25) is 0 Å². The first kappa shape index (κ1) is 15.9. The molecule has 0 atom stereocenters. The van der Waals surface area contributed by atoms with E-state index in [1.54, 1.807) is 0 Å². The Bertz CT molecular complexity index is 524. The number of halogens is 6. The predicted molar refractivity (Wildman–Crippen MR) is 49.4 cm³/mol. The number of methoxy groups -OCH3 is 1. The van der Waals surface area contributed by atoms with Crippen LogP contribution in [0.3, 0.4) is 0 Å².